The monoisotopic (exact) mass is 213 g/mol. The first-order valence-electron chi connectivity index (χ1n) is 4.78. The van der Waals surface area contributed by atoms with Crippen LogP contribution < -0.4 is 5.48 Å². The molecule has 0 rings (SSSR count). The van der Waals surface area contributed by atoms with Crippen molar-refractivity contribution in [2.75, 3.05) is 13.2 Å². The molecule has 0 bridgehead atoms. The van der Waals surface area contributed by atoms with E-state index in [0.29, 0.717) is 13.2 Å². The van der Waals surface area contributed by atoms with Crippen molar-refractivity contribution in [3.05, 3.63) is 0 Å². The van der Waals surface area contributed by atoms with E-state index in [1.54, 1.807) is 13.0 Å². The first-order chi connectivity index (χ1) is 7.26. The number of nitrogens with zero attached hydrogens (tertiary/aromatic N) is 2. The highest BCUT2D eigenvalue weighted by atomic mass is 16.7. The van der Waals surface area contributed by atoms with Crippen molar-refractivity contribution >= 4 is 11.6 Å². The number of hydrogen-bond donors (Lipinski definition) is 1. The van der Waals surface area contributed by atoms with Crippen LogP contribution in [0.5, 0.6) is 0 Å². The molecule has 0 heterocycles. The Morgan fingerprint density at radius 3 is 2.80 bits per heavy atom. The zero-order valence-corrected chi connectivity index (χ0v) is 8.95. The van der Waals surface area contributed by atoms with Gasteiger partial charge in [-0.15, -0.1) is 0 Å². The highest BCUT2D eigenvalue weighted by Gasteiger charge is 2.10. The predicted molar refractivity (Wildman–Crippen MR) is 53.7 cm³/mol. The van der Waals surface area contributed by atoms with Gasteiger partial charge in [0, 0.05) is 0 Å². The fourth-order valence-corrected chi connectivity index (χ4v) is 0.618. The molecule has 0 unspecified atom stereocenters. The van der Waals surface area contributed by atoms with Gasteiger partial charge in [0.1, 0.15) is 12.7 Å². The fourth-order valence-electron chi connectivity index (χ4n) is 0.618. The van der Waals surface area contributed by atoms with E-state index in [2.05, 4.69) is 15.5 Å². The van der Waals surface area contributed by atoms with Gasteiger partial charge < -0.3 is 4.84 Å². The first-order valence-corrected chi connectivity index (χ1v) is 4.78. The maximum atomic E-state index is 11.1. The molecule has 0 aromatic heterocycles. The molecule has 0 radical (unpaired) electrons. The molecule has 0 spiro atoms. The Bertz CT molecular complexity index is 258. The number of hydroxylamine groups is 1. The van der Waals surface area contributed by atoms with Crippen LogP contribution in [0, 0.1) is 11.3 Å². The normalized spacial score (nSPS) is 10.6. The summed E-state index contributed by atoms with van der Waals surface area (Å²) in [5.74, 6) is -0.698. The van der Waals surface area contributed by atoms with Gasteiger partial charge in [-0.1, -0.05) is 18.5 Å². The summed E-state index contributed by atoms with van der Waals surface area (Å²) < 4.78 is 0. The zero-order valence-electron chi connectivity index (χ0n) is 8.95. The van der Waals surface area contributed by atoms with Gasteiger partial charge in [-0.25, -0.2) is 5.48 Å². The summed E-state index contributed by atoms with van der Waals surface area (Å²) in [5.41, 5.74) is 1.70. The maximum absolute atomic E-state index is 11.1. The number of nitrogens with one attached hydrogen (secondary N) is 1. The zero-order chi connectivity index (χ0) is 11.5. The van der Waals surface area contributed by atoms with E-state index in [9.17, 15) is 4.79 Å². The van der Waals surface area contributed by atoms with Gasteiger partial charge in [-0.2, -0.15) is 5.26 Å². The number of unbranched alkanes of at least 4 members (excludes halogenated alkanes) is 1. The summed E-state index contributed by atoms with van der Waals surface area (Å²) in [6.07, 6.45) is 1.79. The smallest absolute Gasteiger partial charge is 0.307 e. The summed E-state index contributed by atoms with van der Waals surface area (Å²) in [6, 6.07) is 1.62. The fraction of sp³-hybridized carbons (Fsp3) is 0.667. The van der Waals surface area contributed by atoms with Crippen LogP contribution in [0.4, 0.5) is 0 Å². The summed E-state index contributed by atoms with van der Waals surface area (Å²) >= 11 is 0. The van der Waals surface area contributed by atoms with Crippen molar-refractivity contribution in [2.24, 2.45) is 5.16 Å². The van der Waals surface area contributed by atoms with Crippen LogP contribution in [0.25, 0.3) is 0 Å². The van der Waals surface area contributed by atoms with Gasteiger partial charge in [0.05, 0.1) is 6.61 Å². The quantitative estimate of drug-likeness (QED) is 0.384. The lowest BCUT2D eigenvalue weighted by molar-refractivity contribution is -0.126. The molecule has 0 aliphatic rings. The highest BCUT2D eigenvalue weighted by Crippen LogP contribution is 1.89. The van der Waals surface area contributed by atoms with Crippen LogP contribution in [-0.4, -0.2) is 24.8 Å². The molecular weight excluding hydrogens is 198 g/mol. The van der Waals surface area contributed by atoms with E-state index < -0.39 is 5.91 Å². The molecule has 0 saturated heterocycles. The van der Waals surface area contributed by atoms with Crippen LogP contribution in [-0.2, 0) is 14.5 Å². The number of rotatable bonds is 7. The van der Waals surface area contributed by atoms with Gasteiger partial charge in [-0.05, 0) is 13.3 Å². The van der Waals surface area contributed by atoms with Crippen molar-refractivity contribution < 1.29 is 14.5 Å². The Kier molecular flexibility index (Phi) is 8.00. The molecule has 1 amide bonds. The molecule has 0 aromatic rings. The summed E-state index contributed by atoms with van der Waals surface area (Å²) in [6.45, 7) is 4.42. The third kappa shape index (κ3) is 6.46. The summed E-state index contributed by atoms with van der Waals surface area (Å²) in [5, 5.41) is 12.0. The Labute approximate surface area is 88.8 Å². The molecular formula is C9H15N3O3. The second kappa shape index (κ2) is 8.97. The minimum Gasteiger partial charge on any atom is -0.395 e. The number of nitriles is 1. The number of hydrogen-bond acceptors (Lipinski definition) is 5. The van der Waals surface area contributed by atoms with Gasteiger partial charge >= 0.3 is 5.91 Å². The minimum absolute atomic E-state index is 0.321. The summed E-state index contributed by atoms with van der Waals surface area (Å²) in [4.78, 5) is 20.5. The minimum atomic E-state index is -0.698. The molecule has 6 heteroatoms. The molecule has 0 aliphatic carbocycles. The lowest BCUT2D eigenvalue weighted by Crippen LogP contribution is -2.30. The van der Waals surface area contributed by atoms with Crippen LogP contribution in [0.2, 0.25) is 0 Å². The van der Waals surface area contributed by atoms with Crippen molar-refractivity contribution in [3.8, 4) is 6.07 Å². The van der Waals surface area contributed by atoms with E-state index in [0.717, 1.165) is 12.8 Å². The van der Waals surface area contributed by atoms with Gasteiger partial charge in [0.15, 0.2) is 0 Å². The van der Waals surface area contributed by atoms with Crippen LogP contribution in [0.3, 0.4) is 0 Å². The van der Waals surface area contributed by atoms with E-state index in [1.165, 1.54) is 0 Å². The molecule has 0 aromatic carbocycles. The van der Waals surface area contributed by atoms with Crippen molar-refractivity contribution in [3.63, 3.8) is 0 Å². The Balaban J connectivity index is 4.00. The van der Waals surface area contributed by atoms with Crippen molar-refractivity contribution in [1.29, 1.82) is 5.26 Å². The highest BCUT2D eigenvalue weighted by molar-refractivity contribution is 6.44. The molecule has 15 heavy (non-hydrogen) atoms. The first kappa shape index (κ1) is 13.4. The van der Waals surface area contributed by atoms with Crippen LogP contribution in [0.1, 0.15) is 26.7 Å². The molecule has 1 N–H and O–H groups in total. The SMILES string of the molecule is CCCCON=C(C#N)C(=O)NOCC. The largest absolute Gasteiger partial charge is 0.395 e. The lowest BCUT2D eigenvalue weighted by Gasteiger charge is -2.01. The summed E-state index contributed by atoms with van der Waals surface area (Å²) in [7, 11) is 0. The van der Waals surface area contributed by atoms with Crippen LogP contribution >= 0.6 is 0 Å². The number of carbonyl (C=O) groups is 1. The third-order valence-electron chi connectivity index (χ3n) is 1.38. The predicted octanol–water partition coefficient (Wildman–Crippen LogP) is 0.750. The number of carbonyl (C=O) groups excluding carboxylic acids is 1. The van der Waals surface area contributed by atoms with Crippen molar-refractivity contribution in [1.82, 2.24) is 5.48 Å². The Hall–Kier alpha value is -1.61. The van der Waals surface area contributed by atoms with Crippen LogP contribution in [0.15, 0.2) is 5.16 Å². The topological polar surface area (TPSA) is 83.7 Å². The van der Waals surface area contributed by atoms with E-state index >= 15 is 0 Å². The molecule has 84 valence electrons. The van der Waals surface area contributed by atoms with E-state index in [4.69, 9.17) is 10.1 Å². The number of amides is 1. The molecule has 0 fully saturated rings. The van der Waals surface area contributed by atoms with Crippen molar-refractivity contribution in [2.45, 2.75) is 26.7 Å². The van der Waals surface area contributed by atoms with Gasteiger partial charge in [0.2, 0.25) is 5.71 Å². The Morgan fingerprint density at radius 1 is 1.53 bits per heavy atom. The molecule has 6 nitrogen and oxygen atoms in total. The average molecular weight is 213 g/mol. The molecule has 0 aliphatic heterocycles. The lowest BCUT2D eigenvalue weighted by atomic mass is 10.4. The second-order valence-electron chi connectivity index (χ2n) is 2.60. The Morgan fingerprint density at radius 2 is 2.27 bits per heavy atom. The average Bonchev–Trinajstić information content (AvgIpc) is 2.26. The second-order valence-corrected chi connectivity index (χ2v) is 2.60. The third-order valence-corrected chi connectivity index (χ3v) is 1.38. The van der Waals surface area contributed by atoms with Gasteiger partial charge in [-0.3, -0.25) is 9.63 Å². The van der Waals surface area contributed by atoms with Gasteiger partial charge in [0.25, 0.3) is 0 Å². The van der Waals surface area contributed by atoms with E-state index in [1.807, 2.05) is 6.92 Å². The van der Waals surface area contributed by atoms with E-state index in [-0.39, 0.29) is 5.71 Å². The standard InChI is InChI=1S/C9H15N3O3/c1-3-5-6-15-11-8(7-10)9(13)12-14-4-2/h3-6H2,1-2H3,(H,12,13). The molecule has 0 atom stereocenters. The maximum Gasteiger partial charge on any atom is 0.307 e. The number of oxime groups is 1. The molecule has 0 saturated carbocycles.